The second kappa shape index (κ2) is 6.15. The van der Waals surface area contributed by atoms with Crippen molar-refractivity contribution in [3.63, 3.8) is 0 Å². The van der Waals surface area contributed by atoms with E-state index in [1.54, 1.807) is 12.3 Å². The standard InChI is InChI=1S/C9H16N4O/c1-2-10-9-12-6-4-8(13-9)11-5-3-7-14/h4,6,14H,2-3,5,7H2,1H3,(H2,10,11,12,13). The van der Waals surface area contributed by atoms with Gasteiger partial charge in [0.2, 0.25) is 5.95 Å². The molecular formula is C9H16N4O. The molecule has 0 amide bonds. The highest BCUT2D eigenvalue weighted by atomic mass is 16.3. The highest BCUT2D eigenvalue weighted by Crippen LogP contribution is 2.04. The van der Waals surface area contributed by atoms with Crippen LogP contribution in [0.2, 0.25) is 0 Å². The number of aromatic nitrogens is 2. The number of aliphatic hydroxyl groups is 1. The quantitative estimate of drug-likeness (QED) is 0.584. The fourth-order valence-electron chi connectivity index (χ4n) is 0.996. The molecule has 0 atom stereocenters. The topological polar surface area (TPSA) is 70.1 Å². The molecule has 0 radical (unpaired) electrons. The summed E-state index contributed by atoms with van der Waals surface area (Å²) in [7, 11) is 0. The van der Waals surface area contributed by atoms with E-state index in [-0.39, 0.29) is 6.61 Å². The summed E-state index contributed by atoms with van der Waals surface area (Å²) in [4.78, 5) is 8.27. The van der Waals surface area contributed by atoms with Crippen LogP contribution in [0, 0.1) is 0 Å². The summed E-state index contributed by atoms with van der Waals surface area (Å²) in [5.41, 5.74) is 0. The average Bonchev–Trinajstić information content (AvgIpc) is 2.19. The van der Waals surface area contributed by atoms with Crippen molar-refractivity contribution in [3.8, 4) is 0 Å². The van der Waals surface area contributed by atoms with Crippen molar-refractivity contribution >= 4 is 11.8 Å². The summed E-state index contributed by atoms with van der Waals surface area (Å²) in [5, 5.41) is 14.7. The van der Waals surface area contributed by atoms with Crippen molar-refractivity contribution in [2.75, 3.05) is 30.3 Å². The Kier molecular flexibility index (Phi) is 4.71. The molecule has 0 bridgehead atoms. The van der Waals surface area contributed by atoms with Gasteiger partial charge in [0.1, 0.15) is 5.82 Å². The predicted molar refractivity (Wildman–Crippen MR) is 56.4 cm³/mol. The largest absolute Gasteiger partial charge is 0.396 e. The van der Waals surface area contributed by atoms with E-state index in [2.05, 4.69) is 20.6 Å². The van der Waals surface area contributed by atoms with Crippen LogP contribution in [0.1, 0.15) is 13.3 Å². The Morgan fingerprint density at radius 2 is 2.29 bits per heavy atom. The van der Waals surface area contributed by atoms with Crippen molar-refractivity contribution in [3.05, 3.63) is 12.3 Å². The van der Waals surface area contributed by atoms with Crippen LogP contribution in [-0.4, -0.2) is 34.8 Å². The highest BCUT2D eigenvalue weighted by molar-refractivity contribution is 5.39. The lowest BCUT2D eigenvalue weighted by Gasteiger charge is -2.06. The van der Waals surface area contributed by atoms with Crippen molar-refractivity contribution in [2.24, 2.45) is 0 Å². The SMILES string of the molecule is CCNc1nccc(NCCCO)n1. The Morgan fingerprint density at radius 1 is 1.43 bits per heavy atom. The van der Waals surface area contributed by atoms with E-state index in [0.29, 0.717) is 5.95 Å². The maximum Gasteiger partial charge on any atom is 0.224 e. The molecule has 1 rings (SSSR count). The Bertz CT molecular complexity index is 267. The molecule has 0 aliphatic rings. The number of nitrogens with zero attached hydrogens (tertiary/aromatic N) is 2. The first-order chi connectivity index (χ1) is 6.86. The van der Waals surface area contributed by atoms with Crippen molar-refractivity contribution in [1.29, 1.82) is 0 Å². The lowest BCUT2D eigenvalue weighted by atomic mass is 10.4. The molecule has 1 aromatic rings. The van der Waals surface area contributed by atoms with E-state index in [1.165, 1.54) is 0 Å². The first kappa shape index (κ1) is 10.7. The van der Waals surface area contributed by atoms with Gasteiger partial charge in [-0.25, -0.2) is 4.98 Å². The second-order valence-corrected chi connectivity index (χ2v) is 2.80. The molecular weight excluding hydrogens is 180 g/mol. The van der Waals surface area contributed by atoms with Gasteiger partial charge in [0.25, 0.3) is 0 Å². The van der Waals surface area contributed by atoms with Crippen LogP contribution in [0.15, 0.2) is 12.3 Å². The van der Waals surface area contributed by atoms with Crippen LogP contribution in [0.5, 0.6) is 0 Å². The summed E-state index contributed by atoms with van der Waals surface area (Å²) in [6.45, 7) is 3.71. The van der Waals surface area contributed by atoms with Gasteiger partial charge in [-0.1, -0.05) is 0 Å². The van der Waals surface area contributed by atoms with Gasteiger partial charge in [0.15, 0.2) is 0 Å². The van der Waals surface area contributed by atoms with Gasteiger partial charge in [0.05, 0.1) is 0 Å². The van der Waals surface area contributed by atoms with Gasteiger partial charge < -0.3 is 15.7 Å². The monoisotopic (exact) mass is 196 g/mol. The number of hydrogen-bond donors (Lipinski definition) is 3. The first-order valence-electron chi connectivity index (χ1n) is 4.78. The molecule has 0 saturated carbocycles. The van der Waals surface area contributed by atoms with E-state index in [9.17, 15) is 0 Å². The third kappa shape index (κ3) is 3.57. The molecule has 14 heavy (non-hydrogen) atoms. The fraction of sp³-hybridized carbons (Fsp3) is 0.556. The zero-order chi connectivity index (χ0) is 10.2. The van der Waals surface area contributed by atoms with E-state index in [0.717, 1.165) is 25.3 Å². The third-order valence-corrected chi connectivity index (χ3v) is 1.63. The summed E-state index contributed by atoms with van der Waals surface area (Å²) in [6, 6.07) is 1.80. The molecule has 0 aliphatic heterocycles. The van der Waals surface area contributed by atoms with Crippen LogP contribution in [0.25, 0.3) is 0 Å². The third-order valence-electron chi connectivity index (χ3n) is 1.63. The van der Waals surface area contributed by atoms with E-state index in [4.69, 9.17) is 5.11 Å². The van der Waals surface area contributed by atoms with Gasteiger partial charge in [0, 0.05) is 25.9 Å². The minimum absolute atomic E-state index is 0.193. The predicted octanol–water partition coefficient (Wildman–Crippen LogP) is 0.703. The molecule has 5 nitrogen and oxygen atoms in total. The second-order valence-electron chi connectivity index (χ2n) is 2.80. The molecule has 0 aromatic carbocycles. The normalized spacial score (nSPS) is 9.86. The fourth-order valence-corrected chi connectivity index (χ4v) is 0.996. The van der Waals surface area contributed by atoms with Gasteiger partial charge in [-0.15, -0.1) is 0 Å². The van der Waals surface area contributed by atoms with E-state index < -0.39 is 0 Å². The molecule has 1 heterocycles. The maximum absolute atomic E-state index is 8.60. The number of rotatable bonds is 6. The molecule has 0 spiro atoms. The first-order valence-corrected chi connectivity index (χ1v) is 4.78. The Hall–Kier alpha value is -1.36. The molecule has 5 heteroatoms. The highest BCUT2D eigenvalue weighted by Gasteiger charge is 1.96. The van der Waals surface area contributed by atoms with Crippen molar-refractivity contribution < 1.29 is 5.11 Å². The van der Waals surface area contributed by atoms with Gasteiger partial charge in [-0.2, -0.15) is 4.98 Å². The molecule has 0 fully saturated rings. The van der Waals surface area contributed by atoms with Crippen LogP contribution >= 0.6 is 0 Å². The van der Waals surface area contributed by atoms with E-state index >= 15 is 0 Å². The van der Waals surface area contributed by atoms with Crippen LogP contribution < -0.4 is 10.6 Å². The summed E-state index contributed by atoms with van der Waals surface area (Å²) < 4.78 is 0. The average molecular weight is 196 g/mol. The summed E-state index contributed by atoms with van der Waals surface area (Å²) in [6.07, 6.45) is 2.42. The molecule has 0 saturated heterocycles. The minimum atomic E-state index is 0.193. The summed E-state index contributed by atoms with van der Waals surface area (Å²) in [5.74, 6) is 1.41. The van der Waals surface area contributed by atoms with Gasteiger partial charge >= 0.3 is 0 Å². The van der Waals surface area contributed by atoms with Crippen molar-refractivity contribution in [1.82, 2.24) is 9.97 Å². The maximum atomic E-state index is 8.60. The van der Waals surface area contributed by atoms with E-state index in [1.807, 2.05) is 6.92 Å². The van der Waals surface area contributed by atoms with Crippen LogP contribution in [0.4, 0.5) is 11.8 Å². The Labute approximate surface area is 83.6 Å². The molecule has 1 aromatic heterocycles. The molecule has 3 N–H and O–H groups in total. The lowest BCUT2D eigenvalue weighted by Crippen LogP contribution is -2.07. The lowest BCUT2D eigenvalue weighted by molar-refractivity contribution is 0.292. The molecule has 0 aliphatic carbocycles. The smallest absolute Gasteiger partial charge is 0.224 e. The number of aliphatic hydroxyl groups excluding tert-OH is 1. The Balaban J connectivity index is 2.46. The minimum Gasteiger partial charge on any atom is -0.396 e. The zero-order valence-corrected chi connectivity index (χ0v) is 8.32. The molecule has 0 unspecified atom stereocenters. The number of hydrogen-bond acceptors (Lipinski definition) is 5. The van der Waals surface area contributed by atoms with Crippen molar-refractivity contribution in [2.45, 2.75) is 13.3 Å². The van der Waals surface area contributed by atoms with Crippen LogP contribution in [-0.2, 0) is 0 Å². The number of anilines is 2. The zero-order valence-electron chi connectivity index (χ0n) is 8.32. The molecule has 78 valence electrons. The van der Waals surface area contributed by atoms with Gasteiger partial charge in [-0.3, -0.25) is 0 Å². The Morgan fingerprint density at radius 3 is 3.00 bits per heavy atom. The van der Waals surface area contributed by atoms with Crippen LogP contribution in [0.3, 0.4) is 0 Å². The van der Waals surface area contributed by atoms with Gasteiger partial charge in [-0.05, 0) is 19.4 Å². The number of nitrogens with one attached hydrogen (secondary N) is 2. The summed E-state index contributed by atoms with van der Waals surface area (Å²) >= 11 is 0.